The van der Waals surface area contributed by atoms with Gasteiger partial charge < -0.3 is 9.84 Å². The van der Waals surface area contributed by atoms with Crippen LogP contribution in [0.25, 0.3) is 11.3 Å². The van der Waals surface area contributed by atoms with E-state index in [4.69, 9.17) is 10.3 Å². The van der Waals surface area contributed by atoms with E-state index in [1.165, 1.54) is 0 Å². The molecule has 0 radical (unpaired) electrons. The highest BCUT2D eigenvalue weighted by atomic mass is 16.3. The number of anilines is 1. The Morgan fingerprint density at radius 3 is 2.69 bits per heavy atom. The molecule has 0 aromatic carbocycles. The Morgan fingerprint density at radius 1 is 1.23 bits per heavy atom. The third kappa shape index (κ3) is 1.50. The number of hydrogen-bond acceptors (Lipinski definition) is 5. The minimum atomic E-state index is 0.534. The summed E-state index contributed by atoms with van der Waals surface area (Å²) in [7, 11) is 0. The largest absolute Gasteiger partial charge is 0.472 e. The van der Waals surface area contributed by atoms with E-state index in [1.54, 1.807) is 18.6 Å². The molecule has 0 saturated carbocycles. The van der Waals surface area contributed by atoms with Crippen LogP contribution in [-0.2, 0) is 0 Å². The summed E-state index contributed by atoms with van der Waals surface area (Å²) in [5.41, 5.74) is 4.06. The predicted molar refractivity (Wildman–Crippen MR) is 47.5 cm³/mol. The van der Waals surface area contributed by atoms with E-state index >= 15 is 0 Å². The quantitative estimate of drug-likeness (QED) is 0.527. The highest BCUT2D eigenvalue weighted by molar-refractivity contribution is 5.57. The SMILES string of the molecule is NNc1ccc(-c2ccoc2)nn1. The molecule has 0 aliphatic rings. The molecule has 0 spiro atoms. The number of nitrogens with one attached hydrogen (secondary N) is 1. The second-order valence-electron chi connectivity index (χ2n) is 2.46. The van der Waals surface area contributed by atoms with Crippen LogP contribution < -0.4 is 11.3 Å². The van der Waals surface area contributed by atoms with E-state index in [-0.39, 0.29) is 0 Å². The van der Waals surface area contributed by atoms with Gasteiger partial charge in [-0.25, -0.2) is 5.84 Å². The molecule has 0 amide bonds. The maximum absolute atomic E-state index is 5.15. The highest BCUT2D eigenvalue weighted by Gasteiger charge is 2.00. The molecule has 0 aliphatic carbocycles. The fourth-order valence-electron chi connectivity index (χ4n) is 0.973. The maximum Gasteiger partial charge on any atom is 0.162 e. The van der Waals surface area contributed by atoms with Crippen LogP contribution in [-0.4, -0.2) is 10.2 Å². The molecule has 0 bridgehead atoms. The number of hydrogen-bond donors (Lipinski definition) is 2. The first-order valence-electron chi connectivity index (χ1n) is 3.73. The lowest BCUT2D eigenvalue weighted by molar-refractivity contribution is 0.568. The zero-order chi connectivity index (χ0) is 9.10. The van der Waals surface area contributed by atoms with Crippen LogP contribution in [0.3, 0.4) is 0 Å². The molecular weight excluding hydrogens is 168 g/mol. The van der Waals surface area contributed by atoms with E-state index in [0.29, 0.717) is 5.82 Å². The predicted octanol–water partition coefficient (Wildman–Crippen LogP) is 1.02. The Hall–Kier alpha value is -1.88. The van der Waals surface area contributed by atoms with Crippen LogP contribution in [0, 0.1) is 0 Å². The van der Waals surface area contributed by atoms with Crippen LogP contribution in [0.4, 0.5) is 5.82 Å². The van der Waals surface area contributed by atoms with Crippen molar-refractivity contribution >= 4 is 5.82 Å². The molecule has 2 heterocycles. The standard InChI is InChI=1S/C8H8N4O/c9-10-8-2-1-7(11-12-8)6-3-4-13-5-6/h1-5H,9H2,(H,10,12). The summed E-state index contributed by atoms with van der Waals surface area (Å²) in [4.78, 5) is 0. The number of nitrogens with zero attached hydrogens (tertiary/aromatic N) is 2. The summed E-state index contributed by atoms with van der Waals surface area (Å²) >= 11 is 0. The van der Waals surface area contributed by atoms with E-state index in [1.807, 2.05) is 12.1 Å². The second-order valence-corrected chi connectivity index (χ2v) is 2.46. The third-order valence-corrected chi connectivity index (χ3v) is 1.63. The Bertz CT molecular complexity index is 368. The fourth-order valence-corrected chi connectivity index (χ4v) is 0.973. The van der Waals surface area contributed by atoms with Crippen molar-refractivity contribution in [1.82, 2.24) is 10.2 Å². The first-order valence-corrected chi connectivity index (χ1v) is 3.73. The minimum absolute atomic E-state index is 0.534. The number of rotatable bonds is 2. The summed E-state index contributed by atoms with van der Waals surface area (Å²) in [5, 5.41) is 7.76. The van der Waals surface area contributed by atoms with Crippen molar-refractivity contribution in [2.75, 3.05) is 5.43 Å². The van der Waals surface area contributed by atoms with Gasteiger partial charge in [-0.2, -0.15) is 0 Å². The van der Waals surface area contributed by atoms with Crippen molar-refractivity contribution in [3.63, 3.8) is 0 Å². The summed E-state index contributed by atoms with van der Waals surface area (Å²) in [5.74, 6) is 5.68. The van der Waals surface area contributed by atoms with Crippen molar-refractivity contribution in [2.45, 2.75) is 0 Å². The van der Waals surface area contributed by atoms with E-state index in [2.05, 4.69) is 15.6 Å². The van der Waals surface area contributed by atoms with Gasteiger partial charge in [0.05, 0.1) is 18.2 Å². The Morgan fingerprint density at radius 2 is 2.15 bits per heavy atom. The molecule has 66 valence electrons. The molecule has 3 N–H and O–H groups in total. The van der Waals surface area contributed by atoms with Crippen molar-refractivity contribution in [2.24, 2.45) is 5.84 Å². The van der Waals surface area contributed by atoms with Crippen molar-refractivity contribution in [3.8, 4) is 11.3 Å². The zero-order valence-corrected chi connectivity index (χ0v) is 6.77. The summed E-state index contributed by atoms with van der Waals surface area (Å²) in [6, 6.07) is 5.38. The minimum Gasteiger partial charge on any atom is -0.472 e. The zero-order valence-electron chi connectivity index (χ0n) is 6.77. The molecule has 2 rings (SSSR count). The van der Waals surface area contributed by atoms with Crippen LogP contribution in [0.15, 0.2) is 35.1 Å². The van der Waals surface area contributed by atoms with Gasteiger partial charge in [0, 0.05) is 5.56 Å². The van der Waals surface area contributed by atoms with Crippen LogP contribution in [0.2, 0.25) is 0 Å². The monoisotopic (exact) mass is 176 g/mol. The Balaban J connectivity index is 2.33. The first kappa shape index (κ1) is 7.75. The number of hydrazine groups is 1. The maximum atomic E-state index is 5.15. The molecule has 0 unspecified atom stereocenters. The summed E-state index contributed by atoms with van der Waals surface area (Å²) < 4.78 is 4.92. The van der Waals surface area contributed by atoms with Crippen LogP contribution >= 0.6 is 0 Å². The van der Waals surface area contributed by atoms with Gasteiger partial charge in [0.1, 0.15) is 0 Å². The molecule has 0 saturated heterocycles. The van der Waals surface area contributed by atoms with E-state index in [0.717, 1.165) is 11.3 Å². The van der Waals surface area contributed by atoms with Crippen LogP contribution in [0.1, 0.15) is 0 Å². The molecule has 5 heteroatoms. The van der Waals surface area contributed by atoms with Gasteiger partial charge in [-0.3, -0.25) is 0 Å². The molecule has 0 atom stereocenters. The summed E-state index contributed by atoms with van der Waals surface area (Å²) in [6.07, 6.45) is 3.20. The van der Waals surface area contributed by atoms with Gasteiger partial charge >= 0.3 is 0 Å². The topological polar surface area (TPSA) is 77.0 Å². The lowest BCUT2D eigenvalue weighted by atomic mass is 10.2. The number of nitrogens with two attached hydrogens (primary N) is 1. The van der Waals surface area contributed by atoms with E-state index in [9.17, 15) is 0 Å². The van der Waals surface area contributed by atoms with E-state index < -0.39 is 0 Å². The number of aromatic nitrogens is 2. The van der Waals surface area contributed by atoms with Crippen molar-refractivity contribution in [3.05, 3.63) is 30.7 Å². The molecular formula is C8H8N4O. The van der Waals surface area contributed by atoms with Gasteiger partial charge in [0.25, 0.3) is 0 Å². The third-order valence-electron chi connectivity index (χ3n) is 1.63. The Kier molecular flexibility index (Phi) is 1.93. The van der Waals surface area contributed by atoms with Gasteiger partial charge in [-0.1, -0.05) is 0 Å². The van der Waals surface area contributed by atoms with Crippen molar-refractivity contribution < 1.29 is 4.42 Å². The fraction of sp³-hybridized carbons (Fsp3) is 0. The highest BCUT2D eigenvalue weighted by Crippen LogP contribution is 2.16. The molecule has 5 nitrogen and oxygen atoms in total. The number of nitrogen functional groups attached to an aromatic ring is 1. The molecule has 13 heavy (non-hydrogen) atoms. The average molecular weight is 176 g/mol. The Labute approximate surface area is 74.6 Å². The molecule has 0 aliphatic heterocycles. The van der Waals surface area contributed by atoms with Gasteiger partial charge in [-0.05, 0) is 18.2 Å². The summed E-state index contributed by atoms with van der Waals surface area (Å²) in [6.45, 7) is 0. The lowest BCUT2D eigenvalue weighted by Gasteiger charge is -1.97. The van der Waals surface area contributed by atoms with Gasteiger partial charge in [0.2, 0.25) is 0 Å². The average Bonchev–Trinajstić information content (AvgIpc) is 2.71. The molecule has 2 aromatic rings. The van der Waals surface area contributed by atoms with Crippen molar-refractivity contribution in [1.29, 1.82) is 0 Å². The van der Waals surface area contributed by atoms with Gasteiger partial charge in [-0.15, -0.1) is 10.2 Å². The molecule has 2 aromatic heterocycles. The molecule has 0 fully saturated rings. The normalized spacial score (nSPS) is 9.92. The smallest absolute Gasteiger partial charge is 0.162 e. The number of furan rings is 1. The van der Waals surface area contributed by atoms with Crippen LogP contribution in [0.5, 0.6) is 0 Å². The lowest BCUT2D eigenvalue weighted by Crippen LogP contribution is -2.08. The second kappa shape index (κ2) is 3.24. The van der Waals surface area contributed by atoms with Gasteiger partial charge in [0.15, 0.2) is 5.82 Å². The first-order chi connectivity index (χ1) is 6.40.